The lowest BCUT2D eigenvalue weighted by Gasteiger charge is -2.40. The van der Waals surface area contributed by atoms with Crippen LogP contribution < -0.4 is 5.73 Å². The third kappa shape index (κ3) is 2.93. The Kier molecular flexibility index (Phi) is 5.18. The molecule has 0 saturated carbocycles. The molecule has 0 aromatic heterocycles. The standard InChI is InChI=1S/C11H22N2O3/c1-8(11(14)16-3)13-5-4-10(15-2)6-9(13)7-12/h8-10H,4-7,12H2,1-3H3. The van der Waals surface area contributed by atoms with Crippen LogP contribution in [0.15, 0.2) is 0 Å². The maximum atomic E-state index is 11.5. The zero-order valence-electron chi connectivity index (χ0n) is 10.3. The number of esters is 1. The van der Waals surface area contributed by atoms with Gasteiger partial charge >= 0.3 is 5.97 Å². The van der Waals surface area contributed by atoms with Gasteiger partial charge < -0.3 is 15.2 Å². The molecule has 2 N–H and O–H groups in total. The number of nitrogens with zero attached hydrogens (tertiary/aromatic N) is 1. The molecule has 0 aliphatic carbocycles. The van der Waals surface area contributed by atoms with E-state index in [0.717, 1.165) is 19.4 Å². The Hall–Kier alpha value is -0.650. The van der Waals surface area contributed by atoms with Crippen LogP contribution in [0.4, 0.5) is 0 Å². The van der Waals surface area contributed by atoms with Gasteiger partial charge in [0.1, 0.15) is 6.04 Å². The summed E-state index contributed by atoms with van der Waals surface area (Å²) in [7, 11) is 3.13. The number of hydrogen-bond acceptors (Lipinski definition) is 5. The molecule has 0 radical (unpaired) electrons. The third-order valence-corrected chi connectivity index (χ3v) is 3.36. The maximum Gasteiger partial charge on any atom is 0.322 e. The molecule has 5 nitrogen and oxygen atoms in total. The zero-order chi connectivity index (χ0) is 12.1. The molecule has 3 unspecified atom stereocenters. The number of nitrogens with two attached hydrogens (primary N) is 1. The summed E-state index contributed by atoms with van der Waals surface area (Å²) in [5.74, 6) is -0.200. The first kappa shape index (κ1) is 13.4. The van der Waals surface area contributed by atoms with E-state index in [1.807, 2.05) is 6.92 Å². The summed E-state index contributed by atoms with van der Waals surface area (Å²) in [6.45, 7) is 3.24. The van der Waals surface area contributed by atoms with Crippen LogP contribution in [0.25, 0.3) is 0 Å². The van der Waals surface area contributed by atoms with Crippen molar-refractivity contribution in [1.29, 1.82) is 0 Å². The number of hydrogen-bond donors (Lipinski definition) is 1. The summed E-state index contributed by atoms with van der Waals surface area (Å²) in [5, 5.41) is 0. The van der Waals surface area contributed by atoms with Crippen LogP contribution in [-0.4, -0.2) is 56.4 Å². The number of carbonyl (C=O) groups is 1. The van der Waals surface area contributed by atoms with E-state index in [0.29, 0.717) is 6.54 Å². The quantitative estimate of drug-likeness (QED) is 0.688. The smallest absolute Gasteiger partial charge is 0.322 e. The summed E-state index contributed by atoms with van der Waals surface area (Å²) < 4.78 is 10.1. The molecular formula is C11H22N2O3. The highest BCUT2D eigenvalue weighted by Gasteiger charge is 2.33. The van der Waals surface area contributed by atoms with Crippen LogP contribution in [0.1, 0.15) is 19.8 Å². The SMILES string of the molecule is COC(=O)C(C)N1CCC(OC)CC1CN. The normalized spacial score (nSPS) is 28.8. The molecule has 0 aromatic carbocycles. The van der Waals surface area contributed by atoms with Gasteiger partial charge in [-0.1, -0.05) is 0 Å². The van der Waals surface area contributed by atoms with E-state index in [1.165, 1.54) is 7.11 Å². The van der Waals surface area contributed by atoms with Crippen LogP contribution in [-0.2, 0) is 14.3 Å². The minimum Gasteiger partial charge on any atom is -0.468 e. The molecule has 94 valence electrons. The lowest BCUT2D eigenvalue weighted by atomic mass is 9.97. The second kappa shape index (κ2) is 6.18. The van der Waals surface area contributed by atoms with Crippen molar-refractivity contribution < 1.29 is 14.3 Å². The molecule has 1 fully saturated rings. The average molecular weight is 230 g/mol. The summed E-state index contributed by atoms with van der Waals surface area (Å²) >= 11 is 0. The number of methoxy groups -OCH3 is 2. The number of carbonyl (C=O) groups excluding carboxylic acids is 1. The Morgan fingerprint density at radius 2 is 2.25 bits per heavy atom. The predicted octanol–water partition coefficient (Wildman–Crippen LogP) is -0.0140. The molecule has 0 amide bonds. The van der Waals surface area contributed by atoms with Crippen LogP contribution in [0.3, 0.4) is 0 Å². The van der Waals surface area contributed by atoms with E-state index in [-0.39, 0.29) is 24.2 Å². The minimum absolute atomic E-state index is 0.200. The molecule has 5 heteroatoms. The number of likely N-dealkylation sites (tertiary alicyclic amines) is 1. The van der Waals surface area contributed by atoms with Crippen molar-refractivity contribution in [2.45, 2.75) is 38.0 Å². The van der Waals surface area contributed by atoms with Gasteiger partial charge in [-0.05, 0) is 19.8 Å². The second-order valence-corrected chi connectivity index (χ2v) is 4.21. The second-order valence-electron chi connectivity index (χ2n) is 4.21. The summed E-state index contributed by atoms with van der Waals surface area (Å²) in [5.41, 5.74) is 5.74. The van der Waals surface area contributed by atoms with Crippen molar-refractivity contribution in [3.63, 3.8) is 0 Å². The Morgan fingerprint density at radius 1 is 1.56 bits per heavy atom. The van der Waals surface area contributed by atoms with Gasteiger partial charge in [0.25, 0.3) is 0 Å². The monoisotopic (exact) mass is 230 g/mol. The van der Waals surface area contributed by atoms with Crippen LogP contribution in [0.2, 0.25) is 0 Å². The molecule has 1 heterocycles. The highest BCUT2D eigenvalue weighted by molar-refractivity contribution is 5.75. The fourth-order valence-corrected chi connectivity index (χ4v) is 2.29. The predicted molar refractivity (Wildman–Crippen MR) is 61.1 cm³/mol. The van der Waals surface area contributed by atoms with Gasteiger partial charge in [0.2, 0.25) is 0 Å². The topological polar surface area (TPSA) is 64.8 Å². The number of piperidine rings is 1. The van der Waals surface area contributed by atoms with Crippen molar-refractivity contribution >= 4 is 5.97 Å². The van der Waals surface area contributed by atoms with Gasteiger partial charge in [-0.2, -0.15) is 0 Å². The highest BCUT2D eigenvalue weighted by Crippen LogP contribution is 2.21. The Bertz CT molecular complexity index is 235. The van der Waals surface area contributed by atoms with Crippen molar-refractivity contribution in [3.8, 4) is 0 Å². The Labute approximate surface area is 96.9 Å². The molecular weight excluding hydrogens is 208 g/mol. The van der Waals surface area contributed by atoms with Crippen molar-refractivity contribution in [3.05, 3.63) is 0 Å². The number of ether oxygens (including phenoxy) is 2. The third-order valence-electron chi connectivity index (χ3n) is 3.36. The molecule has 1 aliphatic rings. The summed E-state index contributed by atoms with van der Waals surface area (Å²) in [6.07, 6.45) is 2.08. The zero-order valence-corrected chi connectivity index (χ0v) is 10.3. The molecule has 1 rings (SSSR count). The van der Waals surface area contributed by atoms with Gasteiger partial charge in [-0.25, -0.2) is 0 Å². The van der Waals surface area contributed by atoms with Crippen molar-refractivity contribution in [2.24, 2.45) is 5.73 Å². The highest BCUT2D eigenvalue weighted by atomic mass is 16.5. The molecule has 0 spiro atoms. The fourth-order valence-electron chi connectivity index (χ4n) is 2.29. The molecule has 0 bridgehead atoms. The van der Waals surface area contributed by atoms with Crippen molar-refractivity contribution in [2.75, 3.05) is 27.3 Å². The molecule has 16 heavy (non-hydrogen) atoms. The van der Waals surface area contributed by atoms with Crippen LogP contribution in [0.5, 0.6) is 0 Å². The molecule has 1 saturated heterocycles. The number of rotatable bonds is 4. The van der Waals surface area contributed by atoms with Gasteiger partial charge in [-0.3, -0.25) is 9.69 Å². The van der Waals surface area contributed by atoms with E-state index in [4.69, 9.17) is 15.2 Å². The first-order valence-corrected chi connectivity index (χ1v) is 5.70. The first-order chi connectivity index (χ1) is 7.63. The lowest BCUT2D eigenvalue weighted by molar-refractivity contribution is -0.148. The van der Waals surface area contributed by atoms with E-state index in [9.17, 15) is 4.79 Å². The Morgan fingerprint density at radius 3 is 2.75 bits per heavy atom. The summed E-state index contributed by atoms with van der Waals surface area (Å²) in [6, 6.07) is -0.0239. The molecule has 3 atom stereocenters. The van der Waals surface area contributed by atoms with Crippen LogP contribution in [0, 0.1) is 0 Å². The van der Waals surface area contributed by atoms with E-state index in [2.05, 4.69) is 4.90 Å². The molecule has 0 aromatic rings. The maximum absolute atomic E-state index is 11.5. The van der Waals surface area contributed by atoms with Gasteiger partial charge in [-0.15, -0.1) is 0 Å². The minimum atomic E-state index is -0.226. The van der Waals surface area contributed by atoms with Crippen LogP contribution >= 0.6 is 0 Å². The lowest BCUT2D eigenvalue weighted by Crippen LogP contribution is -2.54. The molecule has 1 aliphatic heterocycles. The van der Waals surface area contributed by atoms with Gasteiger partial charge in [0.15, 0.2) is 0 Å². The largest absolute Gasteiger partial charge is 0.468 e. The van der Waals surface area contributed by atoms with E-state index >= 15 is 0 Å². The van der Waals surface area contributed by atoms with E-state index < -0.39 is 0 Å². The average Bonchev–Trinajstić information content (AvgIpc) is 2.35. The fraction of sp³-hybridized carbons (Fsp3) is 0.909. The van der Waals surface area contributed by atoms with Gasteiger partial charge in [0, 0.05) is 26.2 Å². The summed E-state index contributed by atoms with van der Waals surface area (Å²) in [4.78, 5) is 13.6. The Balaban J connectivity index is 2.62. The van der Waals surface area contributed by atoms with Crippen molar-refractivity contribution in [1.82, 2.24) is 4.90 Å². The first-order valence-electron chi connectivity index (χ1n) is 5.70. The van der Waals surface area contributed by atoms with E-state index in [1.54, 1.807) is 7.11 Å². The van der Waals surface area contributed by atoms with Gasteiger partial charge in [0.05, 0.1) is 13.2 Å².